The van der Waals surface area contributed by atoms with Gasteiger partial charge < -0.3 is 15.5 Å². The van der Waals surface area contributed by atoms with Gasteiger partial charge in [-0.15, -0.1) is 24.0 Å². The van der Waals surface area contributed by atoms with Crippen molar-refractivity contribution in [3.63, 3.8) is 0 Å². The number of hydrogen-bond donors (Lipinski definition) is 2. The van der Waals surface area contributed by atoms with Gasteiger partial charge in [-0.25, -0.2) is 0 Å². The van der Waals surface area contributed by atoms with Crippen molar-refractivity contribution >= 4 is 46.4 Å². The number of rotatable bonds is 5. The summed E-state index contributed by atoms with van der Waals surface area (Å²) in [7, 11) is 3.81. The van der Waals surface area contributed by atoms with Gasteiger partial charge in [0.25, 0.3) is 0 Å². The molecule has 1 saturated heterocycles. The van der Waals surface area contributed by atoms with Crippen LogP contribution in [0.15, 0.2) is 59.9 Å². The van der Waals surface area contributed by atoms with Gasteiger partial charge in [0.1, 0.15) is 0 Å². The Hall–Kier alpha value is -2.29. The summed E-state index contributed by atoms with van der Waals surface area (Å²) in [6, 6.07) is 15.5. The first-order valence-corrected chi connectivity index (χ1v) is 10.4. The highest BCUT2D eigenvalue weighted by Gasteiger charge is 2.21. The maximum absolute atomic E-state index is 4.44. The van der Waals surface area contributed by atoms with Crippen molar-refractivity contribution in [3.05, 3.63) is 60.4 Å². The molecule has 7 heteroatoms. The minimum Gasteiger partial charge on any atom is -0.367 e. The van der Waals surface area contributed by atoms with Gasteiger partial charge in [0, 0.05) is 46.0 Å². The zero-order valence-electron chi connectivity index (χ0n) is 17.7. The third-order valence-electron chi connectivity index (χ3n) is 5.61. The molecule has 1 aliphatic rings. The first-order valence-electron chi connectivity index (χ1n) is 10.4. The van der Waals surface area contributed by atoms with Crippen LogP contribution in [0.25, 0.3) is 10.8 Å². The monoisotopic (exact) mass is 518 g/mol. The van der Waals surface area contributed by atoms with E-state index in [-0.39, 0.29) is 24.0 Å². The van der Waals surface area contributed by atoms with Crippen LogP contribution in [0.1, 0.15) is 18.4 Å². The van der Waals surface area contributed by atoms with E-state index in [9.17, 15) is 0 Å². The molecule has 0 amide bonds. The highest BCUT2D eigenvalue weighted by molar-refractivity contribution is 14.0. The minimum atomic E-state index is 0. The first kappa shape index (κ1) is 22.4. The van der Waals surface area contributed by atoms with E-state index in [1.54, 1.807) is 0 Å². The van der Waals surface area contributed by atoms with Gasteiger partial charge in [-0.3, -0.25) is 9.67 Å². The molecule has 2 heterocycles. The lowest BCUT2D eigenvalue weighted by atomic mass is 10.0. The van der Waals surface area contributed by atoms with Crippen LogP contribution in [0, 0.1) is 0 Å². The molecule has 0 radical (unpaired) electrons. The van der Waals surface area contributed by atoms with Crippen LogP contribution < -0.4 is 15.5 Å². The topological polar surface area (TPSA) is 57.5 Å². The third kappa shape index (κ3) is 5.44. The SMILES string of the molecule is CN=C(NCCc1cccc2ccccc12)NC1CCCN(c2cnn(C)c2)C1.I. The number of nitrogens with one attached hydrogen (secondary N) is 2. The summed E-state index contributed by atoms with van der Waals surface area (Å²) in [6.45, 7) is 2.90. The Kier molecular flexibility index (Phi) is 7.95. The second kappa shape index (κ2) is 10.7. The fourth-order valence-corrected chi connectivity index (χ4v) is 4.12. The number of guanidine groups is 1. The van der Waals surface area contributed by atoms with Gasteiger partial charge in [0.05, 0.1) is 11.9 Å². The van der Waals surface area contributed by atoms with Gasteiger partial charge in [0.15, 0.2) is 5.96 Å². The molecule has 1 aliphatic heterocycles. The van der Waals surface area contributed by atoms with Gasteiger partial charge in [-0.05, 0) is 35.6 Å². The molecule has 2 aromatic carbocycles. The summed E-state index contributed by atoms with van der Waals surface area (Å²) in [5.41, 5.74) is 2.56. The minimum absolute atomic E-state index is 0. The lowest BCUT2D eigenvalue weighted by Crippen LogP contribution is -2.51. The summed E-state index contributed by atoms with van der Waals surface area (Å²) in [6.07, 6.45) is 7.31. The van der Waals surface area contributed by atoms with E-state index in [1.165, 1.54) is 28.4 Å². The predicted octanol–water partition coefficient (Wildman–Crippen LogP) is 3.57. The van der Waals surface area contributed by atoms with Crippen LogP contribution in [0.4, 0.5) is 5.69 Å². The lowest BCUT2D eigenvalue weighted by Gasteiger charge is -2.34. The number of anilines is 1. The first-order chi connectivity index (χ1) is 14.2. The number of benzene rings is 2. The molecule has 30 heavy (non-hydrogen) atoms. The van der Waals surface area contributed by atoms with Crippen LogP contribution >= 0.6 is 24.0 Å². The molecular formula is C23H31IN6. The summed E-state index contributed by atoms with van der Waals surface area (Å²) in [4.78, 5) is 6.84. The van der Waals surface area contributed by atoms with Crippen LogP contribution in [0.3, 0.4) is 0 Å². The summed E-state index contributed by atoms with van der Waals surface area (Å²) in [5, 5.41) is 14.0. The predicted molar refractivity (Wildman–Crippen MR) is 136 cm³/mol. The van der Waals surface area contributed by atoms with Crippen molar-refractivity contribution in [2.24, 2.45) is 12.0 Å². The highest BCUT2D eigenvalue weighted by atomic mass is 127. The van der Waals surface area contributed by atoms with Crippen molar-refractivity contribution in [2.75, 3.05) is 31.6 Å². The van der Waals surface area contributed by atoms with Gasteiger partial charge in [-0.2, -0.15) is 5.10 Å². The molecule has 1 aromatic heterocycles. The van der Waals surface area contributed by atoms with Crippen molar-refractivity contribution in [1.82, 2.24) is 20.4 Å². The van der Waals surface area contributed by atoms with Crippen molar-refractivity contribution in [1.29, 1.82) is 0 Å². The smallest absolute Gasteiger partial charge is 0.191 e. The maximum atomic E-state index is 4.44. The summed E-state index contributed by atoms with van der Waals surface area (Å²) >= 11 is 0. The molecule has 1 atom stereocenters. The van der Waals surface area contributed by atoms with E-state index in [2.05, 4.69) is 74.3 Å². The van der Waals surface area contributed by atoms with Gasteiger partial charge in [0.2, 0.25) is 0 Å². The number of nitrogens with zero attached hydrogens (tertiary/aromatic N) is 4. The molecule has 1 fully saturated rings. The van der Waals surface area contributed by atoms with Gasteiger partial charge in [-0.1, -0.05) is 42.5 Å². The molecule has 2 N–H and O–H groups in total. The molecular weight excluding hydrogens is 487 g/mol. The van der Waals surface area contributed by atoms with Crippen molar-refractivity contribution in [3.8, 4) is 0 Å². The fraction of sp³-hybridized carbons (Fsp3) is 0.391. The van der Waals surface area contributed by atoms with Crippen molar-refractivity contribution in [2.45, 2.75) is 25.3 Å². The third-order valence-corrected chi connectivity index (χ3v) is 5.61. The molecule has 0 spiro atoms. The molecule has 0 bridgehead atoms. The lowest BCUT2D eigenvalue weighted by molar-refractivity contribution is 0.468. The molecule has 3 aromatic rings. The highest BCUT2D eigenvalue weighted by Crippen LogP contribution is 2.20. The number of aromatic nitrogens is 2. The van der Waals surface area contributed by atoms with Crippen LogP contribution in [-0.2, 0) is 13.5 Å². The molecule has 0 saturated carbocycles. The average molecular weight is 518 g/mol. The number of aliphatic imine (C=N–C) groups is 1. The molecule has 160 valence electrons. The van der Waals surface area contributed by atoms with E-state index in [0.717, 1.165) is 38.4 Å². The maximum Gasteiger partial charge on any atom is 0.191 e. The Morgan fingerprint density at radius 2 is 2.03 bits per heavy atom. The number of aryl methyl sites for hydroxylation is 1. The van der Waals surface area contributed by atoms with E-state index in [1.807, 2.05) is 25.0 Å². The van der Waals surface area contributed by atoms with Gasteiger partial charge >= 0.3 is 0 Å². The quantitative estimate of drug-likeness (QED) is 0.308. The van der Waals surface area contributed by atoms with E-state index >= 15 is 0 Å². The number of fused-ring (bicyclic) bond motifs is 1. The molecule has 4 rings (SSSR count). The van der Waals surface area contributed by atoms with Crippen LogP contribution in [0.2, 0.25) is 0 Å². The molecule has 1 unspecified atom stereocenters. The standard InChI is InChI=1S/C23H30N6.HI/c1-24-23(25-13-12-19-9-5-8-18-7-3-4-11-22(18)19)27-20-10-6-14-29(16-20)21-15-26-28(2)17-21;/h3-5,7-9,11,15,17,20H,6,10,12-14,16H2,1-2H3,(H2,24,25,27);1H. The Morgan fingerprint density at radius 3 is 2.83 bits per heavy atom. The van der Waals surface area contributed by atoms with E-state index in [4.69, 9.17) is 0 Å². The Bertz CT molecular complexity index is 977. The summed E-state index contributed by atoms with van der Waals surface area (Å²) < 4.78 is 1.86. The Labute approximate surface area is 195 Å². The normalized spacial score (nSPS) is 16.9. The Morgan fingerprint density at radius 1 is 1.20 bits per heavy atom. The van der Waals surface area contributed by atoms with E-state index in [0.29, 0.717) is 6.04 Å². The molecule has 0 aliphatic carbocycles. The van der Waals surface area contributed by atoms with Crippen molar-refractivity contribution < 1.29 is 0 Å². The largest absolute Gasteiger partial charge is 0.367 e. The molecule has 6 nitrogen and oxygen atoms in total. The zero-order chi connectivity index (χ0) is 20.1. The van der Waals surface area contributed by atoms with Crippen LogP contribution in [0.5, 0.6) is 0 Å². The van der Waals surface area contributed by atoms with E-state index < -0.39 is 0 Å². The second-order valence-corrected chi connectivity index (χ2v) is 7.69. The second-order valence-electron chi connectivity index (χ2n) is 7.69. The summed E-state index contributed by atoms with van der Waals surface area (Å²) in [5.74, 6) is 0.878. The zero-order valence-corrected chi connectivity index (χ0v) is 20.0. The average Bonchev–Trinajstić information content (AvgIpc) is 3.20. The number of piperidine rings is 1. The van der Waals surface area contributed by atoms with Crippen LogP contribution in [-0.4, -0.2) is 48.5 Å². The Balaban J connectivity index is 0.00000256. The number of hydrogen-bond acceptors (Lipinski definition) is 3. The number of halogens is 1. The fourth-order valence-electron chi connectivity index (χ4n) is 4.12.